The Bertz CT molecular complexity index is 776. The molecule has 0 bridgehead atoms. The van der Waals surface area contributed by atoms with Gasteiger partial charge in [-0.05, 0) is 31.5 Å². The average molecular weight is 396 g/mol. The highest BCUT2D eigenvalue weighted by Gasteiger charge is 2.53. The van der Waals surface area contributed by atoms with Gasteiger partial charge in [-0.25, -0.2) is 8.42 Å². The lowest BCUT2D eigenvalue weighted by atomic mass is 9.88. The van der Waals surface area contributed by atoms with Crippen molar-refractivity contribution in [2.24, 2.45) is 5.41 Å². The van der Waals surface area contributed by atoms with Crippen LogP contribution >= 0.6 is 23.2 Å². The number of esters is 1. The summed E-state index contributed by atoms with van der Waals surface area (Å²) in [6, 6.07) is 2.32. The van der Waals surface area contributed by atoms with Gasteiger partial charge in [0.25, 0.3) is 0 Å². The van der Waals surface area contributed by atoms with Gasteiger partial charge in [0.05, 0.1) is 17.4 Å². The fourth-order valence-corrected chi connectivity index (χ4v) is 5.15. The van der Waals surface area contributed by atoms with E-state index in [0.29, 0.717) is 0 Å². The Morgan fingerprint density at radius 3 is 2.29 bits per heavy atom. The number of sulfonamides is 1. The van der Waals surface area contributed by atoms with Crippen molar-refractivity contribution in [1.82, 2.24) is 4.31 Å². The van der Waals surface area contributed by atoms with Gasteiger partial charge >= 0.3 is 11.9 Å². The van der Waals surface area contributed by atoms with Gasteiger partial charge in [-0.2, -0.15) is 4.31 Å². The number of carbonyl (C=O) groups excluding carboxylic acids is 1. The first-order valence-corrected chi connectivity index (χ1v) is 9.00. The Morgan fingerprint density at radius 1 is 1.29 bits per heavy atom. The first kappa shape index (κ1) is 19.0. The minimum absolute atomic E-state index is 0.0999. The first-order chi connectivity index (χ1) is 11.0. The lowest BCUT2D eigenvalue weighted by molar-refractivity contribution is -0.150. The molecule has 1 unspecified atom stereocenters. The monoisotopic (exact) mass is 395 g/mol. The van der Waals surface area contributed by atoms with Crippen LogP contribution in [0.5, 0.6) is 0 Å². The third-order valence-corrected chi connectivity index (χ3v) is 6.17. The van der Waals surface area contributed by atoms with E-state index in [1.54, 1.807) is 0 Å². The molecule has 0 saturated carbocycles. The average Bonchev–Trinajstić information content (AvgIpc) is 2.86. The number of nitrogens with zero attached hydrogens (tertiary/aromatic N) is 1. The first-order valence-electron chi connectivity index (χ1n) is 6.80. The largest absolute Gasteiger partial charge is 0.480 e. The van der Waals surface area contributed by atoms with E-state index in [-0.39, 0.29) is 27.9 Å². The van der Waals surface area contributed by atoms with Crippen molar-refractivity contribution in [1.29, 1.82) is 0 Å². The van der Waals surface area contributed by atoms with Gasteiger partial charge in [0, 0.05) is 16.6 Å². The van der Waals surface area contributed by atoms with Crippen molar-refractivity contribution in [2.75, 3.05) is 13.7 Å². The molecule has 1 N–H and O–H groups in total. The van der Waals surface area contributed by atoms with Crippen LogP contribution in [0, 0.1) is 5.41 Å². The van der Waals surface area contributed by atoms with Crippen molar-refractivity contribution in [2.45, 2.75) is 24.3 Å². The van der Waals surface area contributed by atoms with E-state index in [4.69, 9.17) is 23.2 Å². The number of carboxylic acids is 1. The molecule has 1 saturated heterocycles. The number of methoxy groups -OCH3 is 1. The molecule has 1 aromatic carbocycles. The second-order valence-corrected chi connectivity index (χ2v) is 8.53. The van der Waals surface area contributed by atoms with Gasteiger partial charge in [-0.15, -0.1) is 0 Å². The molecule has 7 nitrogen and oxygen atoms in total. The van der Waals surface area contributed by atoms with Crippen LogP contribution in [0.1, 0.15) is 13.3 Å². The summed E-state index contributed by atoms with van der Waals surface area (Å²) in [4.78, 5) is 23.2. The van der Waals surface area contributed by atoms with Crippen LogP contribution in [0.2, 0.25) is 10.0 Å². The van der Waals surface area contributed by atoms with E-state index in [1.807, 2.05) is 0 Å². The number of benzene rings is 1. The van der Waals surface area contributed by atoms with E-state index in [2.05, 4.69) is 4.74 Å². The number of hydrogen-bond donors (Lipinski definition) is 1. The maximum Gasteiger partial charge on any atom is 0.322 e. The summed E-state index contributed by atoms with van der Waals surface area (Å²) in [5.41, 5.74) is -1.26. The Balaban J connectivity index is 2.51. The lowest BCUT2D eigenvalue weighted by Gasteiger charge is -2.22. The summed E-state index contributed by atoms with van der Waals surface area (Å²) < 4.78 is 31.1. The van der Waals surface area contributed by atoms with Crippen LogP contribution in [0.4, 0.5) is 0 Å². The third-order valence-electron chi connectivity index (χ3n) is 3.90. The second-order valence-electron chi connectivity index (χ2n) is 5.77. The highest BCUT2D eigenvalue weighted by molar-refractivity contribution is 7.89. The van der Waals surface area contributed by atoms with Crippen LogP contribution in [-0.2, 0) is 24.3 Å². The fraction of sp³-hybridized carbons (Fsp3) is 0.429. The van der Waals surface area contributed by atoms with E-state index < -0.39 is 33.4 Å². The minimum Gasteiger partial charge on any atom is -0.480 e. The normalized spacial score (nSPS) is 24.8. The maximum absolute atomic E-state index is 12.8. The highest BCUT2D eigenvalue weighted by Crippen LogP contribution is 2.39. The molecule has 0 spiro atoms. The molecule has 1 aromatic rings. The fourth-order valence-electron chi connectivity index (χ4n) is 2.72. The van der Waals surface area contributed by atoms with Gasteiger partial charge < -0.3 is 9.84 Å². The van der Waals surface area contributed by atoms with Crippen LogP contribution in [0.25, 0.3) is 0 Å². The number of carboxylic acid groups (broad SMARTS) is 1. The standard InChI is InChI=1S/C14H15Cl2NO6S/c1-14(13(20)23-2)6-11(12(18)19)17(7-14)24(21,22)10-4-8(15)3-9(16)5-10/h3-5,11H,6-7H2,1-2H3,(H,18,19)/t11-,14?/m0/s1. The Kier molecular flexibility index (Phi) is 5.15. The number of ether oxygens (including phenoxy) is 1. The van der Waals surface area contributed by atoms with Gasteiger partial charge in [0.2, 0.25) is 10.0 Å². The molecular formula is C14H15Cl2NO6S. The third kappa shape index (κ3) is 3.37. The molecule has 10 heteroatoms. The number of carbonyl (C=O) groups is 2. The lowest BCUT2D eigenvalue weighted by Crippen LogP contribution is -2.41. The van der Waals surface area contributed by atoms with Gasteiger partial charge in [0.1, 0.15) is 6.04 Å². The molecule has 0 amide bonds. The van der Waals surface area contributed by atoms with Crippen LogP contribution in [-0.4, -0.2) is 49.5 Å². The van der Waals surface area contributed by atoms with E-state index in [1.165, 1.54) is 25.1 Å². The Hall–Kier alpha value is -1.35. The molecule has 2 atom stereocenters. The number of halogens is 2. The van der Waals surface area contributed by atoms with Crippen molar-refractivity contribution in [3.05, 3.63) is 28.2 Å². The van der Waals surface area contributed by atoms with Gasteiger partial charge in [-0.1, -0.05) is 23.2 Å². The van der Waals surface area contributed by atoms with Crippen molar-refractivity contribution in [3.63, 3.8) is 0 Å². The van der Waals surface area contributed by atoms with E-state index in [9.17, 15) is 23.1 Å². The number of rotatable bonds is 4. The molecule has 1 heterocycles. The maximum atomic E-state index is 12.8. The van der Waals surface area contributed by atoms with Crippen LogP contribution in [0.15, 0.2) is 23.1 Å². The Labute approximate surface area is 149 Å². The number of hydrogen-bond acceptors (Lipinski definition) is 5. The molecule has 24 heavy (non-hydrogen) atoms. The van der Waals surface area contributed by atoms with Gasteiger partial charge in [-0.3, -0.25) is 9.59 Å². The van der Waals surface area contributed by atoms with E-state index >= 15 is 0 Å². The van der Waals surface area contributed by atoms with Crippen LogP contribution < -0.4 is 0 Å². The summed E-state index contributed by atoms with van der Waals surface area (Å²) in [6.07, 6.45) is -0.192. The second kappa shape index (κ2) is 6.51. The summed E-state index contributed by atoms with van der Waals surface area (Å²) in [6.45, 7) is 1.15. The zero-order chi connectivity index (χ0) is 18.3. The predicted octanol–water partition coefficient (Wildman–Crippen LogP) is 2.02. The topological polar surface area (TPSA) is 101 Å². The zero-order valence-corrected chi connectivity index (χ0v) is 15.2. The van der Waals surface area contributed by atoms with Gasteiger partial charge in [0.15, 0.2) is 0 Å². The molecule has 0 aliphatic carbocycles. The summed E-state index contributed by atoms with van der Waals surface area (Å²) in [7, 11) is -3.05. The quantitative estimate of drug-likeness (QED) is 0.782. The minimum atomic E-state index is -4.21. The van der Waals surface area contributed by atoms with Crippen LogP contribution in [0.3, 0.4) is 0 Å². The Morgan fingerprint density at radius 2 is 1.83 bits per heavy atom. The smallest absolute Gasteiger partial charge is 0.322 e. The molecule has 0 radical (unpaired) electrons. The molecule has 1 aliphatic heterocycles. The van der Waals surface area contributed by atoms with Crippen molar-refractivity contribution < 1.29 is 27.9 Å². The van der Waals surface area contributed by atoms with E-state index in [0.717, 1.165) is 11.4 Å². The summed E-state index contributed by atoms with van der Waals surface area (Å²) >= 11 is 11.7. The molecule has 132 valence electrons. The molecule has 2 rings (SSSR count). The SMILES string of the molecule is COC(=O)C1(C)C[C@@H](C(=O)O)N(S(=O)(=O)c2cc(Cl)cc(Cl)c2)C1. The summed E-state index contributed by atoms with van der Waals surface area (Å²) in [5.74, 6) is -2.02. The number of aliphatic carboxylic acids is 1. The van der Waals surface area contributed by atoms with Crippen molar-refractivity contribution >= 4 is 45.2 Å². The van der Waals surface area contributed by atoms with Crippen molar-refractivity contribution in [3.8, 4) is 0 Å². The molecule has 1 fully saturated rings. The summed E-state index contributed by atoms with van der Waals surface area (Å²) in [5, 5.41) is 9.58. The predicted molar refractivity (Wildman–Crippen MR) is 86.5 cm³/mol. The molecule has 1 aliphatic rings. The highest BCUT2D eigenvalue weighted by atomic mass is 35.5. The molecule has 0 aromatic heterocycles. The zero-order valence-electron chi connectivity index (χ0n) is 12.8. The molecular weight excluding hydrogens is 381 g/mol.